The number of esters is 2. The maximum Gasteiger partial charge on any atom is 0.336 e. The molecule has 2 aromatic rings. The predicted molar refractivity (Wildman–Crippen MR) is 156 cm³/mol. The van der Waals surface area contributed by atoms with E-state index in [0.717, 1.165) is 11.1 Å². The van der Waals surface area contributed by atoms with Crippen molar-refractivity contribution in [1.29, 1.82) is 0 Å². The van der Waals surface area contributed by atoms with E-state index in [1.165, 1.54) is 6.92 Å². The van der Waals surface area contributed by atoms with Crippen LogP contribution in [-0.4, -0.2) is 55.9 Å². The molecule has 224 valence electrons. The third kappa shape index (κ3) is 9.28. The molecule has 2 rings (SSSR count). The standard InChI is InChI=1S/C32H42O9/c1-10-36-27-17-16-26(28(29(27)37-11-2)40-22(7)41-31(35)21(5)6)32(8,9)23-12-14-25(15-13-23)38-18-24(33)19-39-30(34)20(3)4/h12-17,22,24,33H,3,5,10-11,18-19H2,1-2,4,6-9H3. The summed E-state index contributed by atoms with van der Waals surface area (Å²) in [6.45, 7) is 20.2. The maximum atomic E-state index is 12.1. The van der Waals surface area contributed by atoms with Crippen molar-refractivity contribution in [2.45, 2.75) is 66.3 Å². The molecule has 9 heteroatoms. The van der Waals surface area contributed by atoms with Crippen molar-refractivity contribution in [3.05, 3.63) is 71.8 Å². The fourth-order valence-corrected chi connectivity index (χ4v) is 3.80. The number of carbonyl (C=O) groups excluding carboxylic acids is 2. The second-order valence-corrected chi connectivity index (χ2v) is 10.00. The van der Waals surface area contributed by atoms with E-state index in [4.69, 9.17) is 28.4 Å². The summed E-state index contributed by atoms with van der Waals surface area (Å²) in [5.74, 6) is 0.736. The second kappa shape index (κ2) is 15.1. The Kier molecular flexibility index (Phi) is 12.3. The van der Waals surface area contributed by atoms with Gasteiger partial charge >= 0.3 is 11.9 Å². The van der Waals surface area contributed by atoms with Crippen LogP contribution in [0.1, 0.15) is 59.6 Å². The number of aliphatic hydroxyl groups is 1. The molecule has 41 heavy (non-hydrogen) atoms. The molecule has 0 saturated carbocycles. The summed E-state index contributed by atoms with van der Waals surface area (Å²) in [7, 11) is 0. The van der Waals surface area contributed by atoms with Crippen molar-refractivity contribution in [2.24, 2.45) is 0 Å². The zero-order valence-corrected chi connectivity index (χ0v) is 25.1. The van der Waals surface area contributed by atoms with Crippen LogP contribution < -0.4 is 18.9 Å². The average Bonchev–Trinajstić information content (AvgIpc) is 2.92. The van der Waals surface area contributed by atoms with Crippen LogP contribution >= 0.6 is 0 Å². The van der Waals surface area contributed by atoms with Crippen molar-refractivity contribution in [2.75, 3.05) is 26.4 Å². The Morgan fingerprint density at radius 2 is 1.46 bits per heavy atom. The van der Waals surface area contributed by atoms with Crippen molar-refractivity contribution in [3.8, 4) is 23.0 Å². The number of carbonyl (C=O) groups is 2. The minimum Gasteiger partial charge on any atom is -0.491 e. The Hall–Kier alpha value is -3.98. The van der Waals surface area contributed by atoms with Crippen LogP contribution in [0.4, 0.5) is 0 Å². The van der Waals surface area contributed by atoms with Gasteiger partial charge in [-0.25, -0.2) is 9.59 Å². The normalized spacial score (nSPS) is 12.5. The van der Waals surface area contributed by atoms with Gasteiger partial charge in [-0.3, -0.25) is 0 Å². The van der Waals surface area contributed by atoms with E-state index in [0.29, 0.717) is 36.2 Å². The Balaban J connectivity index is 2.34. The molecular formula is C32H42O9. The van der Waals surface area contributed by atoms with Crippen LogP contribution in [0.3, 0.4) is 0 Å². The van der Waals surface area contributed by atoms with E-state index in [-0.39, 0.29) is 24.4 Å². The lowest BCUT2D eigenvalue weighted by molar-refractivity contribution is -0.156. The Morgan fingerprint density at radius 1 is 0.854 bits per heavy atom. The van der Waals surface area contributed by atoms with Gasteiger partial charge in [0.1, 0.15) is 25.1 Å². The molecular weight excluding hydrogens is 528 g/mol. The zero-order valence-electron chi connectivity index (χ0n) is 25.1. The van der Waals surface area contributed by atoms with Gasteiger partial charge in [-0.15, -0.1) is 0 Å². The number of hydrogen-bond acceptors (Lipinski definition) is 9. The van der Waals surface area contributed by atoms with Gasteiger partial charge in [-0.05, 0) is 51.5 Å². The topological polar surface area (TPSA) is 110 Å². The third-order valence-electron chi connectivity index (χ3n) is 6.02. The molecule has 2 aromatic carbocycles. The monoisotopic (exact) mass is 570 g/mol. The zero-order chi connectivity index (χ0) is 30.7. The SMILES string of the molecule is C=C(C)C(=O)OCC(O)COc1ccc(C(C)(C)c2ccc(OCC)c(OCC)c2OC(C)OC(=O)C(=C)C)cc1. The molecule has 0 aliphatic rings. The summed E-state index contributed by atoms with van der Waals surface area (Å²) < 4.78 is 34.0. The molecule has 0 fully saturated rings. The maximum absolute atomic E-state index is 12.1. The average molecular weight is 571 g/mol. The smallest absolute Gasteiger partial charge is 0.336 e. The Labute approximate surface area is 242 Å². The summed E-state index contributed by atoms with van der Waals surface area (Å²) in [5.41, 5.74) is 1.64. The number of benzene rings is 2. The van der Waals surface area contributed by atoms with Crippen molar-refractivity contribution in [3.63, 3.8) is 0 Å². The van der Waals surface area contributed by atoms with Crippen LogP contribution in [0.15, 0.2) is 60.7 Å². The molecule has 0 radical (unpaired) electrons. The second-order valence-electron chi connectivity index (χ2n) is 10.00. The van der Waals surface area contributed by atoms with Gasteiger partial charge in [0.05, 0.1) is 13.2 Å². The van der Waals surface area contributed by atoms with Crippen molar-refractivity contribution in [1.82, 2.24) is 0 Å². The molecule has 0 aromatic heterocycles. The first kappa shape index (κ1) is 33.2. The number of aliphatic hydroxyl groups excluding tert-OH is 1. The molecule has 0 saturated heterocycles. The molecule has 2 unspecified atom stereocenters. The fraction of sp³-hybridized carbons (Fsp3) is 0.438. The first-order chi connectivity index (χ1) is 19.3. The van der Waals surface area contributed by atoms with Crippen LogP contribution in [-0.2, 0) is 24.5 Å². The molecule has 0 heterocycles. The van der Waals surface area contributed by atoms with Gasteiger partial charge < -0.3 is 33.5 Å². The van der Waals surface area contributed by atoms with Gasteiger partial charge in [0.2, 0.25) is 12.0 Å². The number of ether oxygens (including phenoxy) is 6. The molecule has 0 bridgehead atoms. The third-order valence-corrected chi connectivity index (χ3v) is 6.02. The van der Waals surface area contributed by atoms with Gasteiger partial charge in [0.15, 0.2) is 11.5 Å². The van der Waals surface area contributed by atoms with Crippen LogP contribution in [0.5, 0.6) is 23.0 Å². The minimum absolute atomic E-state index is 0.0540. The highest BCUT2D eigenvalue weighted by molar-refractivity contribution is 5.87. The molecule has 0 aliphatic carbocycles. The minimum atomic E-state index is -0.990. The van der Waals surface area contributed by atoms with Crippen LogP contribution in [0, 0.1) is 0 Å². The summed E-state index contributed by atoms with van der Waals surface area (Å²) in [4.78, 5) is 23.6. The van der Waals surface area contributed by atoms with Crippen molar-refractivity contribution >= 4 is 11.9 Å². The molecule has 0 amide bonds. The fourth-order valence-electron chi connectivity index (χ4n) is 3.80. The van der Waals surface area contributed by atoms with E-state index in [9.17, 15) is 14.7 Å². The van der Waals surface area contributed by atoms with Gasteiger partial charge in [0.25, 0.3) is 0 Å². The van der Waals surface area contributed by atoms with Crippen LogP contribution in [0.2, 0.25) is 0 Å². The Morgan fingerprint density at radius 3 is 2.02 bits per heavy atom. The lowest BCUT2D eigenvalue weighted by Crippen LogP contribution is -2.26. The van der Waals surface area contributed by atoms with Gasteiger partial charge in [0, 0.05) is 29.0 Å². The van der Waals surface area contributed by atoms with E-state index in [1.54, 1.807) is 26.0 Å². The van der Waals surface area contributed by atoms with Crippen LogP contribution in [0.25, 0.3) is 0 Å². The van der Waals surface area contributed by atoms with E-state index in [2.05, 4.69) is 13.2 Å². The van der Waals surface area contributed by atoms with Crippen molar-refractivity contribution < 1.29 is 43.1 Å². The van der Waals surface area contributed by atoms with Gasteiger partial charge in [-0.2, -0.15) is 0 Å². The highest BCUT2D eigenvalue weighted by Crippen LogP contribution is 2.47. The predicted octanol–water partition coefficient (Wildman–Crippen LogP) is 5.51. The quantitative estimate of drug-likeness (QED) is 0.159. The number of rotatable bonds is 16. The lowest BCUT2D eigenvalue weighted by Gasteiger charge is -2.31. The molecule has 0 spiro atoms. The first-order valence-electron chi connectivity index (χ1n) is 13.5. The van der Waals surface area contributed by atoms with E-state index < -0.39 is 29.7 Å². The summed E-state index contributed by atoms with van der Waals surface area (Å²) in [5, 5.41) is 10.1. The Bertz CT molecular complexity index is 1210. The number of hydrogen-bond donors (Lipinski definition) is 1. The molecule has 1 N–H and O–H groups in total. The lowest BCUT2D eigenvalue weighted by atomic mass is 9.77. The highest BCUT2D eigenvalue weighted by atomic mass is 16.7. The highest BCUT2D eigenvalue weighted by Gasteiger charge is 2.32. The largest absolute Gasteiger partial charge is 0.491 e. The van der Waals surface area contributed by atoms with Gasteiger partial charge in [-0.1, -0.05) is 45.2 Å². The molecule has 2 atom stereocenters. The first-order valence-corrected chi connectivity index (χ1v) is 13.5. The summed E-state index contributed by atoms with van der Waals surface area (Å²) in [6.07, 6.45) is -1.92. The van der Waals surface area contributed by atoms with E-state index >= 15 is 0 Å². The van der Waals surface area contributed by atoms with E-state index in [1.807, 2.05) is 52.0 Å². The molecule has 0 aliphatic heterocycles. The summed E-state index contributed by atoms with van der Waals surface area (Å²) >= 11 is 0. The molecule has 9 nitrogen and oxygen atoms in total. The summed E-state index contributed by atoms with van der Waals surface area (Å²) in [6, 6.07) is 11.1.